The number of nitrogens with one attached hydrogen (secondary N) is 3. The van der Waals surface area contributed by atoms with Crippen molar-refractivity contribution in [2.45, 2.75) is 31.2 Å². The van der Waals surface area contributed by atoms with Crippen molar-refractivity contribution in [3.63, 3.8) is 0 Å². The summed E-state index contributed by atoms with van der Waals surface area (Å²) in [5, 5.41) is 21.6. The zero-order valence-corrected chi connectivity index (χ0v) is 14.2. The molecule has 134 valence electrons. The van der Waals surface area contributed by atoms with E-state index in [4.69, 9.17) is 0 Å². The Hall–Kier alpha value is -3.03. The van der Waals surface area contributed by atoms with Gasteiger partial charge in [-0.05, 0) is 43.2 Å². The van der Waals surface area contributed by atoms with Crippen molar-refractivity contribution >= 4 is 11.6 Å². The zero-order valence-electron chi connectivity index (χ0n) is 14.2. The van der Waals surface area contributed by atoms with Crippen LogP contribution >= 0.6 is 0 Å². The second-order valence-corrected chi connectivity index (χ2v) is 6.56. The molecule has 3 aromatic rings. The van der Waals surface area contributed by atoms with E-state index in [1.165, 1.54) is 6.07 Å². The molecular weight excluding hydrogens is 333 g/mol. The van der Waals surface area contributed by atoms with Gasteiger partial charge in [-0.25, -0.2) is 4.39 Å². The molecule has 8 heteroatoms. The molecule has 0 bridgehead atoms. The largest absolute Gasteiger partial charge is 0.368 e. The normalized spacial score (nSPS) is 15.3. The fourth-order valence-corrected chi connectivity index (χ4v) is 3.23. The van der Waals surface area contributed by atoms with E-state index in [9.17, 15) is 4.39 Å². The van der Waals surface area contributed by atoms with Crippen molar-refractivity contribution in [3.05, 3.63) is 59.9 Å². The predicted octanol–water partition coefficient (Wildman–Crippen LogP) is 2.88. The Balaban J connectivity index is 1.37. The lowest BCUT2D eigenvalue weighted by Crippen LogP contribution is -2.42. The van der Waals surface area contributed by atoms with Crippen LogP contribution in [0.5, 0.6) is 0 Å². The average molecular weight is 353 g/mol. The molecule has 0 saturated heterocycles. The maximum Gasteiger partial charge on any atom is 0.148 e. The van der Waals surface area contributed by atoms with Gasteiger partial charge in [-0.15, -0.1) is 5.10 Å². The van der Waals surface area contributed by atoms with E-state index < -0.39 is 0 Å². The lowest BCUT2D eigenvalue weighted by molar-refractivity contribution is 0.243. The first-order valence-corrected chi connectivity index (χ1v) is 8.66. The van der Waals surface area contributed by atoms with E-state index in [1.54, 1.807) is 18.5 Å². The molecule has 4 rings (SSSR count). The molecule has 1 aliphatic rings. The molecule has 0 spiro atoms. The van der Waals surface area contributed by atoms with Gasteiger partial charge >= 0.3 is 0 Å². The first-order chi connectivity index (χ1) is 12.8. The smallest absolute Gasteiger partial charge is 0.148 e. The summed E-state index contributed by atoms with van der Waals surface area (Å²) in [5.41, 5.74) is 1.11. The van der Waals surface area contributed by atoms with Crippen molar-refractivity contribution < 1.29 is 4.39 Å². The van der Waals surface area contributed by atoms with Crippen LogP contribution in [0.15, 0.2) is 42.7 Å². The highest BCUT2D eigenvalue weighted by Crippen LogP contribution is 2.43. The van der Waals surface area contributed by atoms with Gasteiger partial charge in [0.15, 0.2) is 0 Å². The van der Waals surface area contributed by atoms with Crippen molar-refractivity contribution in [2.24, 2.45) is 0 Å². The van der Waals surface area contributed by atoms with Gasteiger partial charge in [0.1, 0.15) is 17.5 Å². The Morgan fingerprint density at radius 2 is 2.00 bits per heavy atom. The van der Waals surface area contributed by atoms with Crippen LogP contribution in [0.25, 0.3) is 0 Å². The highest BCUT2D eigenvalue weighted by Gasteiger charge is 2.41. The third-order valence-electron chi connectivity index (χ3n) is 4.86. The van der Waals surface area contributed by atoms with Gasteiger partial charge in [0.25, 0.3) is 0 Å². The summed E-state index contributed by atoms with van der Waals surface area (Å²) in [6.07, 6.45) is 6.27. The lowest BCUT2D eigenvalue weighted by Gasteiger charge is -2.41. The van der Waals surface area contributed by atoms with Gasteiger partial charge in [-0.1, -0.05) is 6.42 Å². The molecule has 0 atom stereocenters. The summed E-state index contributed by atoms with van der Waals surface area (Å²) >= 11 is 0. The summed E-state index contributed by atoms with van der Waals surface area (Å²) in [6.45, 7) is 1.15. The molecule has 0 aromatic carbocycles. The van der Waals surface area contributed by atoms with Crippen molar-refractivity contribution in [1.29, 1.82) is 0 Å². The molecule has 7 nitrogen and oxygen atoms in total. The first-order valence-electron chi connectivity index (χ1n) is 8.66. The average Bonchev–Trinajstić information content (AvgIpc) is 3.15. The van der Waals surface area contributed by atoms with Crippen LogP contribution in [0.3, 0.4) is 0 Å². The Bertz CT molecular complexity index is 844. The third kappa shape index (κ3) is 3.35. The maximum atomic E-state index is 14.2. The van der Waals surface area contributed by atoms with Crippen LogP contribution in [0.1, 0.15) is 30.7 Å². The lowest BCUT2D eigenvalue weighted by atomic mass is 9.66. The third-order valence-corrected chi connectivity index (χ3v) is 4.86. The Morgan fingerprint density at radius 3 is 2.65 bits per heavy atom. The van der Waals surface area contributed by atoms with E-state index in [1.807, 2.05) is 18.2 Å². The second kappa shape index (κ2) is 7.07. The van der Waals surface area contributed by atoms with Crippen molar-refractivity contribution in [1.82, 2.24) is 25.4 Å². The predicted molar refractivity (Wildman–Crippen MR) is 96.2 cm³/mol. The number of hydrogen-bond acceptors (Lipinski definition) is 6. The number of hydrogen-bond donors (Lipinski definition) is 3. The van der Waals surface area contributed by atoms with Gasteiger partial charge in [-0.2, -0.15) is 10.2 Å². The van der Waals surface area contributed by atoms with E-state index in [0.717, 1.165) is 30.8 Å². The summed E-state index contributed by atoms with van der Waals surface area (Å²) in [4.78, 5) is 4.28. The quantitative estimate of drug-likeness (QED) is 0.605. The van der Waals surface area contributed by atoms with Gasteiger partial charge in [0.2, 0.25) is 0 Å². The molecule has 1 aliphatic carbocycles. The topological polar surface area (TPSA) is 91.4 Å². The van der Waals surface area contributed by atoms with E-state index in [2.05, 4.69) is 36.0 Å². The number of aromatic amines is 1. The SMILES string of the molecule is Fc1cccnc1C1(CNc2ccc(CNc3ccn[nH]3)nn2)CCC1. The minimum Gasteiger partial charge on any atom is -0.368 e. The van der Waals surface area contributed by atoms with Crippen molar-refractivity contribution in [3.8, 4) is 0 Å². The number of pyridine rings is 1. The Morgan fingerprint density at radius 1 is 1.08 bits per heavy atom. The van der Waals surface area contributed by atoms with Crippen LogP contribution in [-0.2, 0) is 12.0 Å². The molecule has 0 unspecified atom stereocenters. The van der Waals surface area contributed by atoms with Gasteiger partial charge < -0.3 is 10.6 Å². The fourth-order valence-electron chi connectivity index (χ4n) is 3.23. The summed E-state index contributed by atoms with van der Waals surface area (Å²) < 4.78 is 14.2. The van der Waals surface area contributed by atoms with Crippen LogP contribution in [0.2, 0.25) is 0 Å². The molecule has 0 aliphatic heterocycles. The molecule has 0 radical (unpaired) electrons. The molecule has 26 heavy (non-hydrogen) atoms. The number of halogens is 1. The summed E-state index contributed by atoms with van der Waals surface area (Å²) in [7, 11) is 0. The Kier molecular flexibility index (Phi) is 4.47. The molecule has 3 heterocycles. The highest BCUT2D eigenvalue weighted by atomic mass is 19.1. The van der Waals surface area contributed by atoms with Crippen LogP contribution in [-0.4, -0.2) is 31.9 Å². The van der Waals surface area contributed by atoms with E-state index in [-0.39, 0.29) is 11.2 Å². The molecule has 1 fully saturated rings. The standard InChI is InChI=1S/C18H20FN7/c19-14-3-1-9-20-17(14)18(7-2-8-18)12-22-15-5-4-13(24-26-15)11-21-16-6-10-23-25-16/h1,3-6,9-10H,2,7-8,11-12H2,(H,22,26)(H2,21,23,25). The minimum atomic E-state index is -0.256. The van der Waals surface area contributed by atoms with Crippen molar-refractivity contribution in [2.75, 3.05) is 17.2 Å². The number of aromatic nitrogens is 5. The number of nitrogens with zero attached hydrogens (tertiary/aromatic N) is 4. The number of H-pyrrole nitrogens is 1. The number of rotatable bonds is 7. The molecule has 3 aromatic heterocycles. The maximum absolute atomic E-state index is 14.2. The van der Waals surface area contributed by atoms with Gasteiger partial charge in [0, 0.05) is 18.2 Å². The molecule has 1 saturated carbocycles. The van der Waals surface area contributed by atoms with Crippen LogP contribution in [0.4, 0.5) is 16.0 Å². The highest BCUT2D eigenvalue weighted by molar-refractivity contribution is 5.37. The van der Waals surface area contributed by atoms with Gasteiger partial charge in [-0.3, -0.25) is 10.1 Å². The molecular formula is C18H20FN7. The number of anilines is 2. The van der Waals surface area contributed by atoms with Crippen LogP contribution < -0.4 is 10.6 Å². The minimum absolute atomic E-state index is 0.236. The van der Waals surface area contributed by atoms with Crippen LogP contribution in [0, 0.1) is 5.82 Å². The molecule has 3 N–H and O–H groups in total. The second-order valence-electron chi connectivity index (χ2n) is 6.56. The first kappa shape index (κ1) is 16.4. The summed E-state index contributed by atoms with van der Waals surface area (Å²) in [5.74, 6) is 1.27. The van der Waals surface area contributed by atoms with E-state index >= 15 is 0 Å². The van der Waals surface area contributed by atoms with Gasteiger partial charge in [0.05, 0.1) is 24.1 Å². The molecule has 0 amide bonds. The monoisotopic (exact) mass is 353 g/mol. The van der Waals surface area contributed by atoms with E-state index in [0.29, 0.717) is 24.6 Å². The fraction of sp³-hybridized carbons (Fsp3) is 0.333. The summed E-state index contributed by atoms with van der Waals surface area (Å²) in [6, 6.07) is 8.74. The Labute approximate surface area is 150 Å². The zero-order chi connectivity index (χ0) is 17.8.